The highest BCUT2D eigenvalue weighted by atomic mass is 16.6. The van der Waals surface area contributed by atoms with Crippen LogP contribution >= 0.6 is 0 Å². The topological polar surface area (TPSA) is 56.6 Å². The van der Waals surface area contributed by atoms with Crippen molar-refractivity contribution in [1.82, 2.24) is 14.7 Å². The first-order valence-corrected chi connectivity index (χ1v) is 11.2. The number of carbonyl (C=O) groups is 1. The number of carbonyl (C=O) groups excluding carboxylic acids is 1. The summed E-state index contributed by atoms with van der Waals surface area (Å²) < 4.78 is 13.7. The minimum absolute atomic E-state index is 0.0767. The van der Waals surface area contributed by atoms with Gasteiger partial charge in [-0.3, -0.25) is 4.68 Å². The fourth-order valence-corrected chi connectivity index (χ4v) is 3.87. The van der Waals surface area contributed by atoms with E-state index in [0.717, 1.165) is 29.5 Å². The smallest absolute Gasteiger partial charge is 0.410 e. The van der Waals surface area contributed by atoms with Crippen LogP contribution in [0.4, 0.5) is 4.79 Å². The molecule has 0 saturated carbocycles. The van der Waals surface area contributed by atoms with E-state index in [0.29, 0.717) is 25.6 Å². The van der Waals surface area contributed by atoms with Gasteiger partial charge in [0.25, 0.3) is 0 Å². The van der Waals surface area contributed by atoms with Crippen molar-refractivity contribution in [3.05, 3.63) is 72.4 Å². The van der Waals surface area contributed by atoms with Crippen molar-refractivity contribution in [3.63, 3.8) is 0 Å². The largest absolute Gasteiger partial charge is 0.471 e. The molecule has 0 radical (unpaired) electrons. The average molecular weight is 434 g/mol. The molecule has 6 nitrogen and oxygen atoms in total. The van der Waals surface area contributed by atoms with Gasteiger partial charge in [0.15, 0.2) is 0 Å². The van der Waals surface area contributed by atoms with Crippen molar-refractivity contribution < 1.29 is 14.3 Å². The number of rotatable bonds is 5. The highest BCUT2D eigenvalue weighted by Crippen LogP contribution is 2.32. The second kappa shape index (κ2) is 9.47. The van der Waals surface area contributed by atoms with Crippen LogP contribution in [-0.2, 0) is 11.3 Å². The second-order valence-corrected chi connectivity index (χ2v) is 9.19. The van der Waals surface area contributed by atoms with Gasteiger partial charge in [0.2, 0.25) is 5.88 Å². The van der Waals surface area contributed by atoms with Gasteiger partial charge in [-0.25, -0.2) is 4.79 Å². The monoisotopic (exact) mass is 433 g/mol. The van der Waals surface area contributed by atoms with Gasteiger partial charge in [0, 0.05) is 19.3 Å². The van der Waals surface area contributed by atoms with Crippen molar-refractivity contribution in [1.29, 1.82) is 0 Å². The molecule has 1 atom stereocenters. The molecule has 1 aliphatic rings. The molecule has 0 N–H and O–H groups in total. The van der Waals surface area contributed by atoms with E-state index in [-0.39, 0.29) is 12.1 Å². The molecule has 1 aromatic heterocycles. The minimum Gasteiger partial charge on any atom is -0.471 e. The molecule has 0 aliphatic carbocycles. The first-order chi connectivity index (χ1) is 15.4. The van der Waals surface area contributed by atoms with Crippen LogP contribution in [0.1, 0.15) is 45.2 Å². The molecule has 2 aromatic carbocycles. The van der Waals surface area contributed by atoms with Gasteiger partial charge >= 0.3 is 6.09 Å². The predicted molar refractivity (Wildman–Crippen MR) is 125 cm³/mol. The lowest BCUT2D eigenvalue weighted by Gasteiger charge is -2.34. The van der Waals surface area contributed by atoms with Crippen LogP contribution in [0.25, 0.3) is 11.1 Å². The molecular formula is C26H31N3O3. The van der Waals surface area contributed by atoms with Gasteiger partial charge in [0.1, 0.15) is 12.2 Å². The zero-order valence-electron chi connectivity index (χ0n) is 19.0. The fourth-order valence-electron chi connectivity index (χ4n) is 3.87. The van der Waals surface area contributed by atoms with E-state index in [1.807, 2.05) is 80.2 Å². The maximum Gasteiger partial charge on any atom is 0.410 e. The lowest BCUT2D eigenvalue weighted by molar-refractivity contribution is 0.0167. The Balaban J connectivity index is 1.55. The summed E-state index contributed by atoms with van der Waals surface area (Å²) in [7, 11) is 0. The Morgan fingerprint density at radius 3 is 2.44 bits per heavy atom. The molecular weight excluding hydrogens is 402 g/mol. The van der Waals surface area contributed by atoms with Gasteiger partial charge in [-0.1, -0.05) is 60.7 Å². The van der Waals surface area contributed by atoms with Crippen molar-refractivity contribution in [3.8, 4) is 17.0 Å². The Hall–Kier alpha value is -3.28. The van der Waals surface area contributed by atoms with Gasteiger partial charge < -0.3 is 14.4 Å². The van der Waals surface area contributed by atoms with Crippen LogP contribution in [0.2, 0.25) is 0 Å². The van der Waals surface area contributed by atoms with Crippen LogP contribution in [0, 0.1) is 0 Å². The molecule has 1 fully saturated rings. The summed E-state index contributed by atoms with van der Waals surface area (Å²) in [5.74, 6) is 0.606. The van der Waals surface area contributed by atoms with Gasteiger partial charge in [-0.15, -0.1) is 5.10 Å². The molecule has 6 heteroatoms. The molecule has 1 amide bonds. The van der Waals surface area contributed by atoms with E-state index in [4.69, 9.17) is 14.6 Å². The summed E-state index contributed by atoms with van der Waals surface area (Å²) in [4.78, 5) is 14.4. The number of nitrogens with zero attached hydrogens (tertiary/aromatic N) is 3. The van der Waals surface area contributed by atoms with E-state index in [1.54, 1.807) is 4.90 Å². The zero-order chi connectivity index (χ0) is 22.6. The number of hydrogen-bond acceptors (Lipinski definition) is 4. The molecule has 32 heavy (non-hydrogen) atoms. The lowest BCUT2D eigenvalue weighted by atomic mass is 10.1. The first-order valence-electron chi connectivity index (χ1n) is 11.2. The van der Waals surface area contributed by atoms with E-state index in [9.17, 15) is 4.79 Å². The average Bonchev–Trinajstić information content (AvgIpc) is 3.22. The fraction of sp³-hybridized carbons (Fsp3) is 0.385. The van der Waals surface area contributed by atoms with Crippen LogP contribution in [0.15, 0.2) is 66.9 Å². The predicted octanol–water partition coefficient (Wildman–Crippen LogP) is 5.70. The minimum atomic E-state index is -0.505. The number of likely N-dealkylation sites (tertiary alicyclic amines) is 1. The summed E-state index contributed by atoms with van der Waals surface area (Å²) in [6.07, 6.45) is 3.63. The maximum absolute atomic E-state index is 12.6. The van der Waals surface area contributed by atoms with Crippen LogP contribution in [-0.4, -0.2) is 39.5 Å². The SMILES string of the molecule is CC(C)(C)OC(=O)N1CCCC(n2cc(-c3ccccc3)c(OCc3ccccc3)n2)C1. The quantitative estimate of drug-likeness (QED) is 0.518. The molecule has 3 aromatic rings. The Bertz CT molecular complexity index is 1030. The number of hydrogen-bond donors (Lipinski definition) is 0. The third-order valence-electron chi connectivity index (χ3n) is 5.42. The van der Waals surface area contributed by atoms with E-state index < -0.39 is 5.60 Å². The van der Waals surface area contributed by atoms with E-state index in [2.05, 4.69) is 12.1 Å². The lowest BCUT2D eigenvalue weighted by Crippen LogP contribution is -2.43. The molecule has 0 spiro atoms. The number of ether oxygens (including phenoxy) is 2. The van der Waals surface area contributed by atoms with Crippen molar-refractivity contribution in [2.24, 2.45) is 0 Å². The highest BCUT2D eigenvalue weighted by Gasteiger charge is 2.29. The Kier molecular flexibility index (Phi) is 6.49. The summed E-state index contributed by atoms with van der Waals surface area (Å²) in [5.41, 5.74) is 2.60. The third-order valence-corrected chi connectivity index (χ3v) is 5.42. The normalized spacial score (nSPS) is 16.6. The Morgan fingerprint density at radius 2 is 1.75 bits per heavy atom. The van der Waals surface area contributed by atoms with Gasteiger partial charge in [-0.05, 0) is 44.7 Å². The summed E-state index contributed by atoms with van der Waals surface area (Å²) in [6.45, 7) is 7.40. The molecule has 4 rings (SSSR count). The maximum atomic E-state index is 12.6. The summed E-state index contributed by atoms with van der Waals surface area (Å²) >= 11 is 0. The number of piperidine rings is 1. The molecule has 2 heterocycles. The van der Waals surface area contributed by atoms with E-state index in [1.165, 1.54) is 0 Å². The molecule has 1 aliphatic heterocycles. The number of aromatic nitrogens is 2. The Morgan fingerprint density at radius 1 is 1.06 bits per heavy atom. The van der Waals surface area contributed by atoms with E-state index >= 15 is 0 Å². The van der Waals surface area contributed by atoms with Crippen molar-refractivity contribution in [2.45, 2.75) is 51.9 Å². The molecule has 1 saturated heterocycles. The van der Waals surface area contributed by atoms with Crippen LogP contribution in [0.5, 0.6) is 5.88 Å². The van der Waals surface area contributed by atoms with Gasteiger partial charge in [0.05, 0.1) is 11.6 Å². The standard InChI is InChI=1S/C26H31N3O3/c1-26(2,3)32-25(30)28-16-10-15-22(17-28)29-18-23(21-13-8-5-9-14-21)24(27-29)31-19-20-11-6-4-7-12-20/h4-9,11-14,18,22H,10,15-17,19H2,1-3H3. The van der Waals surface area contributed by atoms with Crippen molar-refractivity contribution >= 4 is 6.09 Å². The highest BCUT2D eigenvalue weighted by molar-refractivity contribution is 5.69. The zero-order valence-corrected chi connectivity index (χ0v) is 19.0. The second-order valence-electron chi connectivity index (χ2n) is 9.19. The van der Waals surface area contributed by atoms with Gasteiger partial charge in [-0.2, -0.15) is 0 Å². The number of benzene rings is 2. The third kappa shape index (κ3) is 5.49. The molecule has 0 bridgehead atoms. The summed E-state index contributed by atoms with van der Waals surface area (Å²) in [6, 6.07) is 20.3. The number of amides is 1. The van der Waals surface area contributed by atoms with Crippen LogP contribution < -0.4 is 4.74 Å². The van der Waals surface area contributed by atoms with Crippen molar-refractivity contribution in [2.75, 3.05) is 13.1 Å². The Labute approximate surface area is 189 Å². The molecule has 168 valence electrons. The summed E-state index contributed by atoms with van der Waals surface area (Å²) in [5, 5.41) is 4.81. The first kappa shape index (κ1) is 21.9. The molecule has 1 unspecified atom stereocenters. The van der Waals surface area contributed by atoms with Crippen LogP contribution in [0.3, 0.4) is 0 Å².